The van der Waals surface area contributed by atoms with Crippen LogP contribution in [0.5, 0.6) is 0 Å². The third-order valence-corrected chi connectivity index (χ3v) is 4.52. The molecule has 0 aromatic heterocycles. The number of benzene rings is 2. The van der Waals surface area contributed by atoms with E-state index in [-0.39, 0.29) is 5.02 Å². The van der Waals surface area contributed by atoms with Gasteiger partial charge in [0, 0.05) is 10.0 Å². The average molecular weight is 358 g/mol. The van der Waals surface area contributed by atoms with Crippen molar-refractivity contribution in [3.63, 3.8) is 0 Å². The third kappa shape index (κ3) is 3.04. The van der Waals surface area contributed by atoms with Crippen LogP contribution in [-0.2, 0) is 6.42 Å². The van der Waals surface area contributed by atoms with Crippen LogP contribution in [0.15, 0.2) is 40.9 Å². The van der Waals surface area contributed by atoms with E-state index in [9.17, 15) is 4.39 Å². The molecule has 106 valence electrons. The molecule has 0 aliphatic carbocycles. The second kappa shape index (κ2) is 6.68. The van der Waals surface area contributed by atoms with Crippen LogP contribution < -0.4 is 11.3 Å². The molecule has 0 amide bonds. The Morgan fingerprint density at radius 3 is 2.45 bits per heavy atom. The van der Waals surface area contributed by atoms with Crippen LogP contribution in [0, 0.1) is 5.82 Å². The fraction of sp³-hybridized carbons (Fsp3) is 0.200. The van der Waals surface area contributed by atoms with E-state index in [1.165, 1.54) is 5.56 Å². The number of nitrogens with one attached hydrogen (secondary N) is 1. The van der Waals surface area contributed by atoms with Gasteiger partial charge in [0.15, 0.2) is 0 Å². The summed E-state index contributed by atoms with van der Waals surface area (Å²) in [5.74, 6) is 5.12. The molecule has 0 spiro atoms. The van der Waals surface area contributed by atoms with Gasteiger partial charge in [0.1, 0.15) is 5.82 Å². The Labute approximate surface area is 131 Å². The van der Waals surface area contributed by atoms with Gasteiger partial charge in [0.2, 0.25) is 0 Å². The van der Waals surface area contributed by atoms with Crippen molar-refractivity contribution in [1.29, 1.82) is 0 Å². The Balaban J connectivity index is 2.44. The van der Waals surface area contributed by atoms with E-state index in [4.69, 9.17) is 17.4 Å². The van der Waals surface area contributed by atoms with Crippen LogP contribution in [0.2, 0.25) is 5.02 Å². The molecule has 0 radical (unpaired) electrons. The molecule has 0 saturated carbocycles. The average Bonchev–Trinajstić information content (AvgIpc) is 2.48. The number of rotatable bonds is 4. The molecule has 0 bridgehead atoms. The van der Waals surface area contributed by atoms with Gasteiger partial charge < -0.3 is 0 Å². The molecule has 2 rings (SSSR count). The maximum absolute atomic E-state index is 14.3. The van der Waals surface area contributed by atoms with Crippen molar-refractivity contribution in [3.05, 3.63) is 68.4 Å². The highest BCUT2D eigenvalue weighted by atomic mass is 79.9. The fourth-order valence-electron chi connectivity index (χ4n) is 2.08. The number of halogens is 3. The molecule has 1 unspecified atom stereocenters. The van der Waals surface area contributed by atoms with Gasteiger partial charge in [-0.3, -0.25) is 5.84 Å². The Morgan fingerprint density at radius 2 is 1.90 bits per heavy atom. The highest BCUT2D eigenvalue weighted by Gasteiger charge is 2.19. The molecule has 0 heterocycles. The van der Waals surface area contributed by atoms with Crippen LogP contribution in [-0.4, -0.2) is 0 Å². The zero-order valence-electron chi connectivity index (χ0n) is 11.0. The lowest BCUT2D eigenvalue weighted by atomic mass is 9.97. The van der Waals surface area contributed by atoms with Crippen LogP contribution >= 0.6 is 27.5 Å². The lowest BCUT2D eigenvalue weighted by Crippen LogP contribution is -2.29. The van der Waals surface area contributed by atoms with Gasteiger partial charge in [-0.15, -0.1) is 0 Å². The summed E-state index contributed by atoms with van der Waals surface area (Å²) in [5.41, 5.74) is 5.18. The van der Waals surface area contributed by atoms with E-state index in [1.54, 1.807) is 12.1 Å². The SMILES string of the molecule is CCc1ccc(C(NN)c2ccc(Br)c(Cl)c2F)cc1. The second-order valence-electron chi connectivity index (χ2n) is 4.46. The van der Waals surface area contributed by atoms with Crippen LogP contribution in [0.3, 0.4) is 0 Å². The fourth-order valence-corrected chi connectivity index (χ4v) is 2.55. The molecule has 3 N–H and O–H groups in total. The Bertz CT molecular complexity index is 602. The minimum Gasteiger partial charge on any atom is -0.271 e. The van der Waals surface area contributed by atoms with E-state index in [2.05, 4.69) is 28.3 Å². The predicted molar refractivity (Wildman–Crippen MR) is 84.1 cm³/mol. The third-order valence-electron chi connectivity index (χ3n) is 3.26. The van der Waals surface area contributed by atoms with Gasteiger partial charge in [0.05, 0.1) is 11.1 Å². The van der Waals surface area contributed by atoms with Crippen molar-refractivity contribution in [2.24, 2.45) is 5.84 Å². The molecule has 0 aliphatic heterocycles. The summed E-state index contributed by atoms with van der Waals surface area (Å²) < 4.78 is 14.8. The minimum absolute atomic E-state index is 0.0629. The monoisotopic (exact) mass is 356 g/mol. The first-order valence-electron chi connectivity index (χ1n) is 6.26. The van der Waals surface area contributed by atoms with Crippen molar-refractivity contribution in [2.45, 2.75) is 19.4 Å². The highest BCUT2D eigenvalue weighted by molar-refractivity contribution is 9.10. The lowest BCUT2D eigenvalue weighted by Gasteiger charge is -2.19. The van der Waals surface area contributed by atoms with Crippen LogP contribution in [0.4, 0.5) is 4.39 Å². The number of hydrogen-bond acceptors (Lipinski definition) is 2. The van der Waals surface area contributed by atoms with Crippen LogP contribution in [0.25, 0.3) is 0 Å². The van der Waals surface area contributed by atoms with Gasteiger partial charge in [-0.25, -0.2) is 9.82 Å². The maximum Gasteiger partial charge on any atom is 0.148 e. The van der Waals surface area contributed by atoms with Gasteiger partial charge in [-0.2, -0.15) is 0 Å². The number of hydrogen-bond donors (Lipinski definition) is 2. The normalized spacial score (nSPS) is 12.4. The largest absolute Gasteiger partial charge is 0.271 e. The number of aryl methyl sites for hydroxylation is 1. The van der Waals surface area contributed by atoms with E-state index in [0.29, 0.717) is 10.0 Å². The Morgan fingerprint density at radius 1 is 1.25 bits per heavy atom. The van der Waals surface area contributed by atoms with Crippen molar-refractivity contribution >= 4 is 27.5 Å². The highest BCUT2D eigenvalue weighted by Crippen LogP contribution is 2.32. The quantitative estimate of drug-likeness (QED) is 0.485. The summed E-state index contributed by atoms with van der Waals surface area (Å²) in [6.07, 6.45) is 0.958. The molecule has 0 saturated heterocycles. The second-order valence-corrected chi connectivity index (χ2v) is 5.69. The Hall–Kier alpha value is -0.940. The van der Waals surface area contributed by atoms with Crippen molar-refractivity contribution in [2.75, 3.05) is 0 Å². The topological polar surface area (TPSA) is 38.0 Å². The molecule has 20 heavy (non-hydrogen) atoms. The lowest BCUT2D eigenvalue weighted by molar-refractivity contribution is 0.560. The molecule has 2 aromatic rings. The van der Waals surface area contributed by atoms with E-state index >= 15 is 0 Å². The first-order valence-corrected chi connectivity index (χ1v) is 7.44. The molecule has 0 aliphatic rings. The smallest absolute Gasteiger partial charge is 0.148 e. The molecule has 1 atom stereocenters. The Kier molecular flexibility index (Phi) is 5.16. The van der Waals surface area contributed by atoms with Gasteiger partial charge in [-0.1, -0.05) is 48.9 Å². The molecule has 2 nitrogen and oxygen atoms in total. The first-order chi connectivity index (χ1) is 9.58. The van der Waals surface area contributed by atoms with Crippen molar-refractivity contribution < 1.29 is 4.39 Å². The van der Waals surface area contributed by atoms with Crippen molar-refractivity contribution in [3.8, 4) is 0 Å². The minimum atomic E-state index is -0.469. The standard InChI is InChI=1S/C15H15BrClFN2/c1-2-9-3-5-10(6-4-9)15(20-19)11-7-8-12(16)13(17)14(11)18/h3-8,15,20H,2,19H2,1H3. The molecule has 2 aromatic carbocycles. The summed E-state index contributed by atoms with van der Waals surface area (Å²) in [6, 6.07) is 10.9. The van der Waals surface area contributed by atoms with Gasteiger partial charge >= 0.3 is 0 Å². The predicted octanol–water partition coefficient (Wildman–Crippen LogP) is 4.36. The van der Waals surface area contributed by atoms with E-state index in [0.717, 1.165) is 12.0 Å². The van der Waals surface area contributed by atoms with Gasteiger partial charge in [-0.05, 0) is 39.5 Å². The molecular weight excluding hydrogens is 343 g/mol. The van der Waals surface area contributed by atoms with Crippen LogP contribution in [0.1, 0.15) is 29.7 Å². The number of nitrogens with two attached hydrogens (primary N) is 1. The maximum atomic E-state index is 14.3. The van der Waals surface area contributed by atoms with Crippen molar-refractivity contribution in [1.82, 2.24) is 5.43 Å². The molecular formula is C15H15BrClFN2. The zero-order chi connectivity index (χ0) is 14.7. The summed E-state index contributed by atoms with van der Waals surface area (Å²) in [5, 5.41) is 0.0629. The number of hydrazine groups is 1. The molecule has 5 heteroatoms. The van der Waals surface area contributed by atoms with E-state index in [1.807, 2.05) is 24.3 Å². The molecule has 0 fully saturated rings. The summed E-state index contributed by atoms with van der Waals surface area (Å²) in [7, 11) is 0. The first kappa shape index (κ1) is 15.4. The summed E-state index contributed by atoms with van der Waals surface area (Å²) in [4.78, 5) is 0. The summed E-state index contributed by atoms with van der Waals surface area (Å²) >= 11 is 9.13. The summed E-state index contributed by atoms with van der Waals surface area (Å²) in [6.45, 7) is 2.09. The zero-order valence-corrected chi connectivity index (χ0v) is 13.3. The van der Waals surface area contributed by atoms with Gasteiger partial charge in [0.25, 0.3) is 0 Å². The van der Waals surface area contributed by atoms with E-state index < -0.39 is 11.9 Å².